The molecule has 0 aromatic heterocycles. The van der Waals surface area contributed by atoms with Crippen LogP contribution in [-0.2, 0) is 62.2 Å². The minimum absolute atomic E-state index is 0. The van der Waals surface area contributed by atoms with Crippen molar-refractivity contribution in [3.8, 4) is 5.75 Å². The number of aliphatic hydroxyl groups is 1. The van der Waals surface area contributed by atoms with E-state index in [9.17, 15) is 0 Å². The van der Waals surface area contributed by atoms with Crippen LogP contribution in [0.1, 0.15) is 334 Å². The van der Waals surface area contributed by atoms with E-state index in [0.29, 0.717) is 23.7 Å². The van der Waals surface area contributed by atoms with Crippen LogP contribution in [-0.4, -0.2) is 67.8 Å². The molecule has 5 nitrogen and oxygen atoms in total. The van der Waals surface area contributed by atoms with Crippen molar-refractivity contribution in [3.05, 3.63) is 262 Å². The number of rotatable bonds is 16. The summed E-state index contributed by atoms with van der Waals surface area (Å²) in [6, 6.07) is 55.8. The van der Waals surface area contributed by atoms with E-state index < -0.39 is 40.6 Å². The van der Waals surface area contributed by atoms with E-state index in [1.54, 1.807) is 96.3 Å². The maximum atomic E-state index is 5.83. The van der Waals surface area contributed by atoms with Crippen LogP contribution in [0.4, 0.5) is 22.7 Å². The van der Waals surface area contributed by atoms with Crippen LogP contribution >= 0.6 is 66.1 Å². The van der Waals surface area contributed by atoms with Crippen molar-refractivity contribution in [3.63, 3.8) is 0 Å². The van der Waals surface area contributed by atoms with Gasteiger partial charge in [-0.05, 0) is 191 Å². The molecule has 0 unspecified atom stereocenters. The number of aromatic hydroxyl groups is 1. The molecule has 0 amide bonds. The molecule has 2 heterocycles. The van der Waals surface area contributed by atoms with E-state index >= 15 is 0 Å². The minimum atomic E-state index is -1.75. The SMILES string of the molecule is C1CCC([PH+](C2CCCCC2)C2CCCCC2)CC1.CC(C)(C)c1cc(N2[CH-]N(c3cc(C(C)(C)C)cc(C(C)(C)C)c3)CC2)cc(C(C)(C)C)c1.CC(C)[OH+]c1ccccc1[CH]=[Ru]([Cl])[Cl].CC(C)c1cccc(C(C)C)c1N1[CH-]N(c2c(C(C)C)cccc2C(C)C)CC1.[CH3+].[CH3+].[CH3-].[CH3-].[Cl][Ru]([Cl])=[CH]c1ccccc1.[Cl][Ru]([Cl])=[CH]c1ccccc1. The summed E-state index contributed by atoms with van der Waals surface area (Å²) < 4.78 is 10.3. The summed E-state index contributed by atoms with van der Waals surface area (Å²) in [5.41, 5.74) is 24.3. The van der Waals surface area contributed by atoms with Gasteiger partial charge < -0.3 is 34.5 Å². The molecule has 5 fully saturated rings. The van der Waals surface area contributed by atoms with Crippen molar-refractivity contribution in [2.75, 3.05) is 45.8 Å². The quantitative estimate of drug-likeness (QED) is 0.0417. The zero-order chi connectivity index (χ0) is 84.5. The van der Waals surface area contributed by atoms with Gasteiger partial charge in [-0.15, -0.1) is 0 Å². The molecule has 2 aliphatic heterocycles. The van der Waals surface area contributed by atoms with E-state index in [0.717, 1.165) is 48.6 Å². The number of anilines is 4. The Bertz CT molecular complexity index is 3800. The third kappa shape index (κ3) is 35.9. The molecule has 1 N–H and O–H groups in total. The van der Waals surface area contributed by atoms with Gasteiger partial charge in [0, 0.05) is 71.7 Å². The molecule has 15 heteroatoms. The summed E-state index contributed by atoms with van der Waals surface area (Å²) in [4.78, 5) is 9.88. The van der Waals surface area contributed by atoms with E-state index in [1.165, 1.54) is 84.2 Å². The number of ether oxygens (including phenoxy) is 1. The van der Waals surface area contributed by atoms with Gasteiger partial charge in [0.15, 0.2) is 0 Å². The maximum absolute atomic E-state index is 5.83. The average molecular weight is 2030 g/mol. The van der Waals surface area contributed by atoms with Gasteiger partial charge in [-0.1, -0.05) is 206 Å². The summed E-state index contributed by atoms with van der Waals surface area (Å²) in [6.45, 7) is 59.0. The standard InChI is InChI=1S/C31H47N2.C27H39N2.C18H33P.C10H12O.2C7H6.4CH3.6ClH.3Ru/c1-28(2,3)22-15-23(29(4,5)6)18-26(17-22)32-13-14-33(21-32)27-19-24(30(7,8)9)16-25(20-27)31(10,11)12;1-18(2)22-11-9-12-23(19(3)4)26(22)28-15-16-29(17-28)27-24(20(5)6)13-10-14-25(27)21(7)8;1-4-10-16(11-5-1)19(17-12-6-2-7-13-17)18-14-8-3-9-15-18;1-8(2)11-10-7-5-4-6-9(10)3;2*1-7-5-3-2-4-6-7;;;;;;;;;;;;;/h15-21H,13-14H2,1-12H3;9-14,17-21H,15-16H2,1-8H3;16-18H,1-15H2;3-8H,1-2H3;2*1-6H;4*1H3;6*1H;;;/q2*-1;;;;;2*-1;2*+1;;;;;;;3*+2/p-4. The number of para-hydroxylation sites is 3. The number of hydrogen-bond acceptors (Lipinski definition) is 4. The zero-order valence-electron chi connectivity index (χ0n) is 78.0. The third-order valence-corrected chi connectivity index (χ3v) is 32.8. The van der Waals surface area contributed by atoms with Crippen LogP contribution in [0.3, 0.4) is 0 Å². The molecular formula is C104H157Cl6N4OPRu3. The Balaban J connectivity index is 0.000000387. The van der Waals surface area contributed by atoms with E-state index in [1.807, 2.05) is 113 Å². The average Bonchev–Trinajstić information content (AvgIpc) is 1.64. The van der Waals surface area contributed by atoms with Crippen molar-refractivity contribution in [2.24, 2.45) is 0 Å². The predicted octanol–water partition coefficient (Wildman–Crippen LogP) is 32.9. The first kappa shape index (κ1) is 110. The van der Waals surface area contributed by atoms with E-state index in [-0.39, 0.29) is 65.4 Å². The van der Waals surface area contributed by atoms with Gasteiger partial charge in [0.25, 0.3) is 0 Å². The second-order valence-corrected chi connectivity index (χ2v) is 58.4. The molecule has 119 heavy (non-hydrogen) atoms. The van der Waals surface area contributed by atoms with Crippen LogP contribution in [0.5, 0.6) is 5.75 Å². The molecule has 0 radical (unpaired) electrons. The molecule has 0 atom stereocenters. The topological polar surface area (TPSA) is 25.8 Å². The Hall–Kier alpha value is -3.07. The molecule has 7 aromatic rings. The first-order valence-corrected chi connectivity index (χ1v) is 61.0. The molecular weight excluding hydrogens is 1870 g/mol. The van der Waals surface area contributed by atoms with Crippen LogP contribution in [0.25, 0.3) is 0 Å². The summed E-state index contributed by atoms with van der Waals surface area (Å²) in [5, 5.41) is 0. The first-order chi connectivity index (χ1) is 54.2. The fourth-order valence-electron chi connectivity index (χ4n) is 16.3. The van der Waals surface area contributed by atoms with Gasteiger partial charge in [0.05, 0.1) is 17.0 Å². The first-order valence-electron chi connectivity index (χ1n) is 42.8. The summed E-state index contributed by atoms with van der Waals surface area (Å²) in [5.74, 6) is 3.03. The van der Waals surface area contributed by atoms with Crippen molar-refractivity contribution >= 4 is 103 Å². The molecule has 7 aromatic carbocycles. The number of hydrogen-bond donors (Lipinski definition) is 0. The van der Waals surface area contributed by atoms with Gasteiger partial charge in [0.1, 0.15) is 0 Å². The van der Waals surface area contributed by atoms with Gasteiger partial charge in [-0.3, -0.25) is 0 Å². The van der Waals surface area contributed by atoms with Crippen molar-refractivity contribution in [1.29, 1.82) is 0 Å². The zero-order valence-corrected chi connectivity index (χ0v) is 88.8. The van der Waals surface area contributed by atoms with Crippen LogP contribution in [0.2, 0.25) is 0 Å². The van der Waals surface area contributed by atoms with Crippen LogP contribution in [0.15, 0.2) is 158 Å². The molecule has 2 saturated heterocycles. The van der Waals surface area contributed by atoms with E-state index in [4.69, 9.17) is 58.1 Å². The van der Waals surface area contributed by atoms with Gasteiger partial charge in [-0.25, -0.2) is 0 Å². The monoisotopic (exact) mass is 2020 g/mol. The third-order valence-electron chi connectivity index (χ3n) is 22.7. The molecule has 5 aliphatic rings. The van der Waals surface area contributed by atoms with Gasteiger partial charge in [0.2, 0.25) is 0 Å². The fourth-order valence-corrected chi connectivity index (χ4v) is 27.0. The summed E-state index contributed by atoms with van der Waals surface area (Å²) in [7, 11) is 34.3. The van der Waals surface area contributed by atoms with Gasteiger partial charge >= 0.3 is 245 Å². The van der Waals surface area contributed by atoms with Crippen molar-refractivity contribution in [2.45, 2.75) is 317 Å². The molecule has 3 aliphatic carbocycles. The molecule has 12 rings (SSSR count). The fraction of sp³-hybridized carbons (Fsp3) is 0.510. The number of benzene rings is 7. The summed E-state index contributed by atoms with van der Waals surface area (Å²) >= 11 is -4.98. The van der Waals surface area contributed by atoms with Crippen LogP contribution in [0, 0.1) is 43.0 Å². The Kier molecular flexibility index (Phi) is 48.9. The second-order valence-electron chi connectivity index (χ2n) is 37.8. The van der Waals surface area contributed by atoms with Crippen LogP contribution < -0.4 is 19.6 Å². The summed E-state index contributed by atoms with van der Waals surface area (Å²) in [6.07, 6.45) is 24.1. The number of nitrogens with zero attached hydrogens (tertiary/aromatic N) is 4. The Morgan fingerprint density at radius 1 is 0.353 bits per heavy atom. The van der Waals surface area contributed by atoms with Gasteiger partial charge in [-0.2, -0.15) is 13.3 Å². The molecule has 670 valence electrons. The Morgan fingerprint density at radius 2 is 0.622 bits per heavy atom. The Labute approximate surface area is 771 Å². The molecule has 0 spiro atoms. The molecule has 0 bridgehead atoms. The molecule has 3 saturated carbocycles. The van der Waals surface area contributed by atoms with Crippen molar-refractivity contribution in [1.82, 2.24) is 0 Å². The van der Waals surface area contributed by atoms with E-state index in [2.05, 4.69) is 249 Å². The normalized spacial score (nSPS) is 15.8. The second kappa shape index (κ2) is 52.9. The predicted molar refractivity (Wildman–Crippen MR) is 536 cm³/mol. The number of halogens is 6. The van der Waals surface area contributed by atoms with Crippen molar-refractivity contribution < 1.29 is 45.3 Å². The Morgan fingerprint density at radius 3 is 0.891 bits per heavy atom.